The summed E-state index contributed by atoms with van der Waals surface area (Å²) in [6.07, 6.45) is 1.53. The highest BCUT2D eigenvalue weighted by molar-refractivity contribution is 7.21. The fourth-order valence-corrected chi connectivity index (χ4v) is 5.08. The summed E-state index contributed by atoms with van der Waals surface area (Å²) < 4.78 is 17.1. The SMILES string of the molecule is COc1ccc(C(=O)Oc2ccccc2/C=C2/N=C(c3sc4cc(C)ccc4c3Cl)OC2=O)cc1. The number of hydrogen-bond donors (Lipinski definition) is 0. The van der Waals surface area contributed by atoms with Crippen molar-refractivity contribution in [1.82, 2.24) is 0 Å². The van der Waals surface area contributed by atoms with Crippen LogP contribution in [0.3, 0.4) is 0 Å². The van der Waals surface area contributed by atoms with Crippen LogP contribution in [0.1, 0.15) is 26.4 Å². The summed E-state index contributed by atoms with van der Waals surface area (Å²) in [5, 5.41) is 1.37. The Morgan fingerprint density at radius 2 is 1.86 bits per heavy atom. The third-order valence-corrected chi connectivity index (χ3v) is 6.98. The third kappa shape index (κ3) is 4.56. The number of methoxy groups -OCH3 is 1. The lowest BCUT2D eigenvalue weighted by molar-refractivity contribution is -0.129. The van der Waals surface area contributed by atoms with Crippen molar-refractivity contribution >= 4 is 56.9 Å². The Bertz CT molecular complexity index is 1540. The molecule has 1 aromatic heterocycles. The number of carbonyl (C=O) groups is 2. The second-order valence-electron chi connectivity index (χ2n) is 7.74. The fourth-order valence-electron chi connectivity index (χ4n) is 3.54. The van der Waals surface area contributed by atoms with Crippen LogP contribution in [0, 0.1) is 6.92 Å². The number of nitrogens with zero attached hydrogens (tertiary/aromatic N) is 1. The van der Waals surface area contributed by atoms with E-state index in [1.165, 1.54) is 17.4 Å². The van der Waals surface area contributed by atoms with Crippen molar-refractivity contribution in [1.29, 1.82) is 0 Å². The van der Waals surface area contributed by atoms with Gasteiger partial charge >= 0.3 is 11.9 Å². The van der Waals surface area contributed by atoms with Gasteiger partial charge in [0.15, 0.2) is 5.70 Å². The highest BCUT2D eigenvalue weighted by Gasteiger charge is 2.28. The lowest BCUT2D eigenvalue weighted by atomic mass is 10.1. The maximum atomic E-state index is 12.6. The lowest BCUT2D eigenvalue weighted by Gasteiger charge is -2.08. The molecule has 0 amide bonds. The predicted molar refractivity (Wildman–Crippen MR) is 137 cm³/mol. The molecule has 5 rings (SSSR count). The number of esters is 2. The highest BCUT2D eigenvalue weighted by atomic mass is 35.5. The van der Waals surface area contributed by atoms with Gasteiger partial charge in [-0.1, -0.05) is 41.9 Å². The van der Waals surface area contributed by atoms with E-state index < -0.39 is 11.9 Å². The van der Waals surface area contributed by atoms with Gasteiger partial charge in [-0.3, -0.25) is 0 Å². The number of halogens is 1. The van der Waals surface area contributed by atoms with Gasteiger partial charge < -0.3 is 14.2 Å². The van der Waals surface area contributed by atoms with Crippen LogP contribution in [0.4, 0.5) is 0 Å². The van der Waals surface area contributed by atoms with Gasteiger partial charge in [0.2, 0.25) is 5.90 Å². The number of fused-ring (bicyclic) bond motifs is 1. The molecule has 0 saturated carbocycles. The Hall–Kier alpha value is -3.94. The van der Waals surface area contributed by atoms with Gasteiger partial charge in [0.05, 0.1) is 17.7 Å². The van der Waals surface area contributed by atoms with E-state index in [9.17, 15) is 9.59 Å². The fraction of sp³-hybridized carbons (Fsp3) is 0.0741. The Kier molecular flexibility index (Phi) is 6.11. The minimum absolute atomic E-state index is 0.0812. The van der Waals surface area contributed by atoms with E-state index in [2.05, 4.69) is 4.99 Å². The molecule has 0 spiro atoms. The Labute approximate surface area is 210 Å². The summed E-state index contributed by atoms with van der Waals surface area (Å²) in [4.78, 5) is 30.2. The molecule has 0 atom stereocenters. The molecular weight excluding hydrogens is 486 g/mol. The van der Waals surface area contributed by atoms with Crippen LogP contribution in [0.25, 0.3) is 16.2 Å². The van der Waals surface area contributed by atoms with Gasteiger partial charge in [-0.15, -0.1) is 11.3 Å². The van der Waals surface area contributed by atoms with Crippen LogP contribution >= 0.6 is 22.9 Å². The molecule has 0 bridgehead atoms. The second-order valence-corrected chi connectivity index (χ2v) is 9.17. The van der Waals surface area contributed by atoms with Crippen LogP contribution in [-0.4, -0.2) is 24.9 Å². The standard InChI is InChI=1S/C27H18ClNO5S/c1-15-7-12-19-22(13-15)35-24(23(19)28)25-29-20(27(31)34-25)14-17-5-3-4-6-21(17)33-26(30)16-8-10-18(32-2)11-9-16/h3-14H,1-2H3/b20-14+. The molecule has 8 heteroatoms. The molecule has 0 saturated heterocycles. The summed E-state index contributed by atoms with van der Waals surface area (Å²) in [5.41, 5.74) is 2.05. The summed E-state index contributed by atoms with van der Waals surface area (Å²) >= 11 is 7.97. The van der Waals surface area contributed by atoms with E-state index in [1.807, 2.05) is 25.1 Å². The van der Waals surface area contributed by atoms with Crippen molar-refractivity contribution in [2.24, 2.45) is 4.99 Å². The first-order valence-corrected chi connectivity index (χ1v) is 11.8. The topological polar surface area (TPSA) is 74.2 Å². The molecule has 6 nitrogen and oxygen atoms in total. The molecule has 2 heterocycles. The smallest absolute Gasteiger partial charge is 0.363 e. The van der Waals surface area contributed by atoms with E-state index in [0.717, 1.165) is 15.6 Å². The molecule has 0 unspecified atom stereocenters. The zero-order chi connectivity index (χ0) is 24.5. The normalized spacial score (nSPS) is 14.2. The molecule has 1 aliphatic rings. The monoisotopic (exact) mass is 503 g/mol. The molecule has 1 aliphatic heterocycles. The van der Waals surface area contributed by atoms with E-state index in [4.69, 9.17) is 25.8 Å². The number of ether oxygens (including phenoxy) is 3. The van der Waals surface area contributed by atoms with Crippen molar-refractivity contribution in [2.45, 2.75) is 6.92 Å². The molecule has 35 heavy (non-hydrogen) atoms. The first-order chi connectivity index (χ1) is 16.9. The molecule has 0 aliphatic carbocycles. The van der Waals surface area contributed by atoms with Gasteiger partial charge in [0.1, 0.15) is 16.4 Å². The largest absolute Gasteiger partial charge is 0.497 e. The first kappa shape index (κ1) is 22.8. The third-order valence-electron chi connectivity index (χ3n) is 5.34. The van der Waals surface area contributed by atoms with Crippen molar-refractivity contribution < 1.29 is 23.8 Å². The van der Waals surface area contributed by atoms with Gasteiger partial charge in [-0.25, -0.2) is 14.6 Å². The average Bonchev–Trinajstić information content (AvgIpc) is 3.39. The molecule has 0 N–H and O–H groups in total. The minimum atomic E-state index is -0.610. The maximum Gasteiger partial charge on any atom is 0.363 e. The Balaban J connectivity index is 1.44. The summed E-state index contributed by atoms with van der Waals surface area (Å²) in [7, 11) is 1.55. The second kappa shape index (κ2) is 9.37. The molecule has 0 radical (unpaired) electrons. The summed E-state index contributed by atoms with van der Waals surface area (Å²) in [6, 6.07) is 19.4. The van der Waals surface area contributed by atoms with Gasteiger partial charge in [0, 0.05) is 15.6 Å². The Morgan fingerprint density at radius 3 is 2.63 bits per heavy atom. The lowest BCUT2D eigenvalue weighted by Crippen LogP contribution is -2.09. The number of thiophene rings is 1. The minimum Gasteiger partial charge on any atom is -0.497 e. The highest BCUT2D eigenvalue weighted by Crippen LogP contribution is 2.38. The number of aryl methyl sites for hydroxylation is 1. The predicted octanol–water partition coefficient (Wildman–Crippen LogP) is 6.44. The van der Waals surface area contributed by atoms with E-state index in [1.54, 1.807) is 55.6 Å². The van der Waals surface area contributed by atoms with Gasteiger partial charge in [0.25, 0.3) is 0 Å². The van der Waals surface area contributed by atoms with Crippen LogP contribution in [-0.2, 0) is 9.53 Å². The van der Waals surface area contributed by atoms with E-state index >= 15 is 0 Å². The zero-order valence-electron chi connectivity index (χ0n) is 18.7. The molecule has 3 aromatic carbocycles. The van der Waals surface area contributed by atoms with Gasteiger partial charge in [-0.2, -0.15) is 0 Å². The number of carbonyl (C=O) groups excluding carboxylic acids is 2. The van der Waals surface area contributed by atoms with E-state index in [0.29, 0.717) is 26.8 Å². The number of para-hydroxylation sites is 1. The molecule has 174 valence electrons. The number of hydrogen-bond acceptors (Lipinski definition) is 7. The van der Waals surface area contributed by atoms with Crippen molar-refractivity contribution in [3.05, 3.63) is 99.0 Å². The summed E-state index contributed by atoms with van der Waals surface area (Å²) in [6.45, 7) is 2.00. The Morgan fingerprint density at radius 1 is 1.09 bits per heavy atom. The summed E-state index contributed by atoms with van der Waals surface area (Å²) in [5.74, 6) is -0.0792. The van der Waals surface area contributed by atoms with Gasteiger partial charge in [-0.05, 0) is 55.0 Å². The first-order valence-electron chi connectivity index (χ1n) is 10.6. The molecule has 4 aromatic rings. The van der Waals surface area contributed by atoms with Crippen LogP contribution < -0.4 is 9.47 Å². The number of cyclic esters (lactones) is 1. The van der Waals surface area contributed by atoms with Crippen molar-refractivity contribution in [2.75, 3.05) is 7.11 Å². The molecular formula is C27H18ClNO5S. The van der Waals surface area contributed by atoms with Crippen LogP contribution in [0.5, 0.6) is 11.5 Å². The van der Waals surface area contributed by atoms with Crippen LogP contribution in [0.2, 0.25) is 5.02 Å². The number of rotatable bonds is 5. The maximum absolute atomic E-state index is 12.6. The van der Waals surface area contributed by atoms with Crippen molar-refractivity contribution in [3.63, 3.8) is 0 Å². The molecule has 0 fully saturated rings. The quantitative estimate of drug-likeness (QED) is 0.178. The zero-order valence-corrected chi connectivity index (χ0v) is 20.3. The number of benzene rings is 3. The van der Waals surface area contributed by atoms with Crippen molar-refractivity contribution in [3.8, 4) is 11.5 Å². The average molecular weight is 504 g/mol. The van der Waals surface area contributed by atoms with Crippen LogP contribution in [0.15, 0.2) is 77.4 Å². The van der Waals surface area contributed by atoms with E-state index in [-0.39, 0.29) is 17.3 Å². The number of aliphatic imine (C=N–C) groups is 1.